The van der Waals surface area contributed by atoms with Gasteiger partial charge in [-0.2, -0.15) is 0 Å². The van der Waals surface area contributed by atoms with Gasteiger partial charge in [-0.1, -0.05) is 35.3 Å². The third kappa shape index (κ3) is 4.47. The second-order valence-corrected chi connectivity index (χ2v) is 7.39. The molecule has 0 aliphatic heterocycles. The number of ketones is 1. The van der Waals surface area contributed by atoms with Gasteiger partial charge in [-0.25, -0.2) is 5.01 Å². The van der Waals surface area contributed by atoms with E-state index in [1.165, 1.54) is 18.2 Å². The first kappa shape index (κ1) is 21.0. The van der Waals surface area contributed by atoms with Crippen LogP contribution in [0.3, 0.4) is 0 Å². The molecule has 0 aliphatic carbocycles. The quantitative estimate of drug-likeness (QED) is 0.512. The predicted octanol–water partition coefficient (Wildman–Crippen LogP) is 5.08. The highest BCUT2D eigenvalue weighted by molar-refractivity contribution is 6.42. The lowest BCUT2D eigenvalue weighted by atomic mass is 10.1. The number of carbonyl (C=O) groups excluding carboxylic acids is 2. The van der Waals surface area contributed by atoms with Crippen molar-refractivity contribution in [2.24, 2.45) is 0 Å². The maximum absolute atomic E-state index is 13.3. The Bertz CT molecular complexity index is 1060. The van der Waals surface area contributed by atoms with E-state index in [2.05, 4.69) is 0 Å². The van der Waals surface area contributed by atoms with Crippen LogP contribution in [0.4, 0.5) is 0 Å². The van der Waals surface area contributed by atoms with Crippen LogP contribution in [-0.2, 0) is 0 Å². The first-order valence-electron chi connectivity index (χ1n) is 8.91. The fourth-order valence-corrected chi connectivity index (χ4v) is 3.37. The summed E-state index contributed by atoms with van der Waals surface area (Å²) in [5.41, 5.74) is 2.45. The van der Waals surface area contributed by atoms with Gasteiger partial charge in [-0.3, -0.25) is 14.3 Å². The summed E-state index contributed by atoms with van der Waals surface area (Å²) in [6, 6.07) is 15.3. The molecule has 3 aromatic rings. The zero-order valence-electron chi connectivity index (χ0n) is 16.3. The average molecular weight is 431 g/mol. The van der Waals surface area contributed by atoms with E-state index in [1.807, 2.05) is 26.0 Å². The Hall–Kier alpha value is -2.76. The minimum absolute atomic E-state index is 0.150. The lowest BCUT2D eigenvalue weighted by Gasteiger charge is -2.27. The molecule has 29 heavy (non-hydrogen) atoms. The van der Waals surface area contributed by atoms with Crippen molar-refractivity contribution < 1.29 is 14.3 Å². The summed E-state index contributed by atoms with van der Waals surface area (Å²) in [6.07, 6.45) is 0. The van der Waals surface area contributed by atoms with Gasteiger partial charge in [0.25, 0.3) is 5.91 Å². The SMILES string of the molecule is COc1cccc(C(=O)CN(C(=O)c2ccc(Cl)c(Cl)c2)n2c(C)ccc2C)c1. The van der Waals surface area contributed by atoms with Crippen LogP contribution >= 0.6 is 23.2 Å². The topological polar surface area (TPSA) is 51.5 Å². The summed E-state index contributed by atoms with van der Waals surface area (Å²) in [7, 11) is 1.54. The molecule has 1 amide bonds. The third-order valence-electron chi connectivity index (χ3n) is 4.56. The van der Waals surface area contributed by atoms with Crippen molar-refractivity contribution in [3.63, 3.8) is 0 Å². The number of nitrogens with zero attached hydrogens (tertiary/aromatic N) is 2. The molecule has 2 aromatic carbocycles. The average Bonchev–Trinajstić information content (AvgIpc) is 3.05. The van der Waals surface area contributed by atoms with Crippen LogP contribution in [0.2, 0.25) is 10.0 Å². The van der Waals surface area contributed by atoms with Crippen molar-refractivity contribution in [1.82, 2.24) is 4.68 Å². The molecule has 1 aromatic heterocycles. The van der Waals surface area contributed by atoms with Crippen LogP contribution in [0.15, 0.2) is 54.6 Å². The first-order valence-corrected chi connectivity index (χ1v) is 9.67. The van der Waals surface area contributed by atoms with E-state index in [0.717, 1.165) is 11.4 Å². The maximum Gasteiger partial charge on any atom is 0.273 e. The summed E-state index contributed by atoms with van der Waals surface area (Å²) < 4.78 is 6.92. The smallest absolute Gasteiger partial charge is 0.273 e. The molecule has 7 heteroatoms. The highest BCUT2D eigenvalue weighted by Gasteiger charge is 2.24. The molecule has 0 saturated carbocycles. The number of methoxy groups -OCH3 is 1. The van der Waals surface area contributed by atoms with Crippen molar-refractivity contribution in [3.05, 3.63) is 87.2 Å². The van der Waals surface area contributed by atoms with E-state index >= 15 is 0 Å². The number of aryl methyl sites for hydroxylation is 2. The highest BCUT2D eigenvalue weighted by Crippen LogP contribution is 2.24. The Kier molecular flexibility index (Phi) is 6.30. The van der Waals surface area contributed by atoms with Crippen LogP contribution < -0.4 is 9.75 Å². The molecule has 0 saturated heterocycles. The van der Waals surface area contributed by atoms with E-state index < -0.39 is 0 Å². The fraction of sp³-hybridized carbons (Fsp3) is 0.182. The summed E-state index contributed by atoms with van der Waals surface area (Å²) in [5.74, 6) is -0.00134. The van der Waals surface area contributed by atoms with Gasteiger partial charge >= 0.3 is 0 Å². The van der Waals surface area contributed by atoms with Gasteiger partial charge < -0.3 is 4.74 Å². The molecular formula is C22H20Cl2N2O3. The number of Topliss-reactive ketones (excluding diaryl/α,β-unsaturated/α-hetero) is 1. The Balaban J connectivity index is 2.00. The number of rotatable bonds is 6. The number of amides is 1. The monoisotopic (exact) mass is 430 g/mol. The van der Waals surface area contributed by atoms with Crippen molar-refractivity contribution in [1.29, 1.82) is 0 Å². The number of halogens is 2. The molecule has 0 fully saturated rings. The van der Waals surface area contributed by atoms with E-state index in [0.29, 0.717) is 21.9 Å². The lowest BCUT2D eigenvalue weighted by molar-refractivity contribution is 0.0908. The van der Waals surface area contributed by atoms with Crippen molar-refractivity contribution in [2.75, 3.05) is 18.7 Å². The molecule has 0 radical (unpaired) electrons. The zero-order valence-corrected chi connectivity index (χ0v) is 17.8. The molecule has 5 nitrogen and oxygen atoms in total. The number of hydrogen-bond donors (Lipinski definition) is 0. The summed E-state index contributed by atoms with van der Waals surface area (Å²) >= 11 is 12.1. The summed E-state index contributed by atoms with van der Waals surface area (Å²) in [5, 5.41) is 2.04. The van der Waals surface area contributed by atoms with Crippen molar-refractivity contribution in [2.45, 2.75) is 13.8 Å². The molecule has 1 heterocycles. The largest absolute Gasteiger partial charge is 0.497 e. The first-order chi connectivity index (χ1) is 13.8. The van der Waals surface area contributed by atoms with Gasteiger partial charge in [0.1, 0.15) is 12.3 Å². The normalized spacial score (nSPS) is 10.7. The number of aromatic nitrogens is 1. The van der Waals surface area contributed by atoms with E-state index in [-0.39, 0.29) is 23.3 Å². The van der Waals surface area contributed by atoms with Gasteiger partial charge in [-0.15, -0.1) is 0 Å². The molecule has 0 bridgehead atoms. The van der Waals surface area contributed by atoms with Gasteiger partial charge in [0.05, 0.1) is 17.2 Å². The fourth-order valence-electron chi connectivity index (χ4n) is 3.08. The van der Waals surface area contributed by atoms with Gasteiger partial charge in [0.2, 0.25) is 0 Å². The van der Waals surface area contributed by atoms with E-state index in [9.17, 15) is 9.59 Å². The Morgan fingerprint density at radius 3 is 2.24 bits per heavy atom. The second-order valence-electron chi connectivity index (χ2n) is 6.57. The molecule has 0 spiro atoms. The number of carbonyl (C=O) groups is 2. The van der Waals surface area contributed by atoms with Crippen molar-refractivity contribution >= 4 is 34.9 Å². The molecule has 3 rings (SSSR count). The van der Waals surface area contributed by atoms with E-state index in [4.69, 9.17) is 27.9 Å². The van der Waals surface area contributed by atoms with Gasteiger partial charge in [0, 0.05) is 22.5 Å². The molecule has 0 atom stereocenters. The minimum atomic E-state index is -0.359. The zero-order chi connectivity index (χ0) is 21.1. The van der Waals surface area contributed by atoms with Crippen molar-refractivity contribution in [3.8, 4) is 5.75 Å². The number of hydrogen-bond acceptors (Lipinski definition) is 3. The molecular weight excluding hydrogens is 411 g/mol. The molecule has 150 valence electrons. The van der Waals surface area contributed by atoms with E-state index in [1.54, 1.807) is 41.1 Å². The van der Waals surface area contributed by atoms with Gasteiger partial charge in [-0.05, 0) is 56.3 Å². The van der Waals surface area contributed by atoms with Crippen LogP contribution in [0.1, 0.15) is 32.1 Å². The molecule has 0 unspecified atom stereocenters. The lowest BCUT2D eigenvalue weighted by Crippen LogP contribution is -2.45. The van der Waals surface area contributed by atoms with Crippen LogP contribution in [0, 0.1) is 13.8 Å². The number of benzene rings is 2. The standard InChI is InChI=1S/C22H20Cl2N2O3/c1-14-7-8-15(2)26(14)25(22(28)17-9-10-19(23)20(24)12-17)13-21(27)16-5-4-6-18(11-16)29-3/h4-12H,13H2,1-3H3. The van der Waals surface area contributed by atoms with Gasteiger partial charge in [0.15, 0.2) is 5.78 Å². The molecule has 0 N–H and O–H groups in total. The Morgan fingerprint density at radius 2 is 1.62 bits per heavy atom. The predicted molar refractivity (Wildman–Crippen MR) is 115 cm³/mol. The highest BCUT2D eigenvalue weighted by atomic mass is 35.5. The maximum atomic E-state index is 13.3. The van der Waals surface area contributed by atoms with Crippen LogP contribution in [0.25, 0.3) is 0 Å². The number of ether oxygens (including phenoxy) is 1. The summed E-state index contributed by atoms with van der Waals surface area (Å²) in [6.45, 7) is 3.60. The molecule has 0 aliphatic rings. The summed E-state index contributed by atoms with van der Waals surface area (Å²) in [4.78, 5) is 26.3. The minimum Gasteiger partial charge on any atom is -0.497 e. The Labute approximate surface area is 179 Å². The third-order valence-corrected chi connectivity index (χ3v) is 5.30. The second kappa shape index (κ2) is 8.72. The van der Waals surface area contributed by atoms with Crippen LogP contribution in [-0.4, -0.2) is 30.0 Å². The van der Waals surface area contributed by atoms with Crippen LogP contribution in [0.5, 0.6) is 5.75 Å². The Morgan fingerprint density at radius 1 is 0.931 bits per heavy atom.